The van der Waals surface area contributed by atoms with Crippen molar-refractivity contribution in [2.24, 2.45) is 11.3 Å². The van der Waals surface area contributed by atoms with E-state index in [1.807, 2.05) is 17.0 Å². The summed E-state index contributed by atoms with van der Waals surface area (Å²) in [6.07, 6.45) is 3.70. The number of amides is 3. The number of halogens is 1. The van der Waals surface area contributed by atoms with E-state index in [0.29, 0.717) is 40.2 Å². The third-order valence-corrected chi connectivity index (χ3v) is 7.83. The Hall–Kier alpha value is -3.46. The first-order chi connectivity index (χ1) is 18.9. The predicted octanol–water partition coefficient (Wildman–Crippen LogP) is 6.20. The molecule has 0 heterocycles. The number of carbonyl (C=O) groups is 3. The first-order valence-electron chi connectivity index (χ1n) is 13.5. The molecule has 1 saturated carbocycles. The predicted molar refractivity (Wildman–Crippen MR) is 155 cm³/mol. The van der Waals surface area contributed by atoms with Gasteiger partial charge in [0.25, 0.3) is 5.91 Å². The highest BCUT2D eigenvalue weighted by Crippen LogP contribution is 2.40. The Bertz CT molecular complexity index is 1190. The molecule has 0 aliphatic heterocycles. The highest BCUT2D eigenvalue weighted by Gasteiger charge is 2.34. The van der Waals surface area contributed by atoms with Crippen LogP contribution in [0.25, 0.3) is 0 Å². The van der Waals surface area contributed by atoms with E-state index in [-0.39, 0.29) is 36.4 Å². The number of carboxylic acids is 1. The molecule has 2 aromatic rings. The van der Waals surface area contributed by atoms with E-state index >= 15 is 0 Å². The highest BCUT2D eigenvalue weighted by atomic mass is 35.5. The summed E-state index contributed by atoms with van der Waals surface area (Å²) in [6, 6.07) is 10.0. The summed E-state index contributed by atoms with van der Waals surface area (Å²) in [4.78, 5) is 38.7. The first kappa shape index (κ1) is 31.1. The lowest BCUT2D eigenvalue weighted by Crippen LogP contribution is -2.45. The molecular weight excluding hydrogens is 534 g/mol. The van der Waals surface area contributed by atoms with E-state index in [4.69, 9.17) is 26.2 Å². The lowest BCUT2D eigenvalue weighted by Gasteiger charge is -2.41. The molecule has 40 heavy (non-hydrogen) atoms. The molecule has 3 rings (SSSR count). The molecule has 1 aliphatic rings. The van der Waals surface area contributed by atoms with Crippen LogP contribution in [0.1, 0.15) is 68.8 Å². The van der Waals surface area contributed by atoms with E-state index in [1.165, 1.54) is 14.2 Å². The molecule has 10 heteroatoms. The van der Waals surface area contributed by atoms with Crippen molar-refractivity contribution in [2.75, 3.05) is 26.1 Å². The van der Waals surface area contributed by atoms with Crippen LogP contribution in [0.4, 0.5) is 10.5 Å². The molecule has 3 N–H and O–H groups in total. The number of nitrogens with one attached hydrogen (secondary N) is 2. The minimum Gasteiger partial charge on any atom is -0.495 e. The van der Waals surface area contributed by atoms with Gasteiger partial charge in [-0.2, -0.15) is 0 Å². The number of hydrogen-bond donors (Lipinski definition) is 3. The fraction of sp³-hybridized carbons (Fsp3) is 0.500. The van der Waals surface area contributed by atoms with Crippen molar-refractivity contribution in [1.82, 2.24) is 10.2 Å². The number of methoxy groups -OCH3 is 2. The van der Waals surface area contributed by atoms with Crippen LogP contribution in [0.2, 0.25) is 5.02 Å². The molecule has 9 nitrogen and oxygen atoms in total. The number of hydrogen-bond acceptors (Lipinski definition) is 5. The molecule has 0 bridgehead atoms. The molecule has 0 unspecified atom stereocenters. The first-order valence-corrected chi connectivity index (χ1v) is 13.9. The molecule has 2 aromatic carbocycles. The van der Waals surface area contributed by atoms with Gasteiger partial charge in [-0.15, -0.1) is 0 Å². The Morgan fingerprint density at radius 1 is 1.00 bits per heavy atom. The number of carbonyl (C=O) groups excluding carboxylic acids is 2. The minimum atomic E-state index is -0.972. The van der Waals surface area contributed by atoms with Crippen molar-refractivity contribution >= 4 is 35.2 Å². The number of nitrogens with zero attached hydrogens (tertiary/aromatic N) is 1. The fourth-order valence-electron chi connectivity index (χ4n) is 5.11. The van der Waals surface area contributed by atoms with Crippen LogP contribution in [0.3, 0.4) is 0 Å². The standard InChI is InChI=1S/C30H40ClN3O6/c1-30(2,3)21-10-12-22(13-11-21)34(29(38)33-24-16-23(31)25(39-4)17-26(24)40-5)18-19-6-8-20(9-7-19)28(37)32-15-14-27(35)36/h6-9,16-17,21-22H,10-15,18H2,1-5H3,(H,32,37)(H,33,38)(H,35,36). The molecule has 1 fully saturated rings. The molecule has 0 atom stereocenters. The average Bonchev–Trinajstić information content (AvgIpc) is 2.91. The van der Waals surface area contributed by atoms with Crippen molar-refractivity contribution < 1.29 is 29.0 Å². The summed E-state index contributed by atoms with van der Waals surface area (Å²) in [5.74, 6) is 0.157. The van der Waals surface area contributed by atoms with E-state index in [0.717, 1.165) is 31.2 Å². The normalized spacial score (nSPS) is 17.1. The number of benzene rings is 2. The third-order valence-electron chi connectivity index (χ3n) is 7.53. The Labute approximate surface area is 241 Å². The van der Waals surface area contributed by atoms with Crippen molar-refractivity contribution in [3.8, 4) is 11.5 Å². The zero-order valence-corrected chi connectivity index (χ0v) is 24.6. The lowest BCUT2D eigenvalue weighted by molar-refractivity contribution is -0.136. The quantitative estimate of drug-likeness (QED) is 0.311. The monoisotopic (exact) mass is 573 g/mol. The number of rotatable bonds is 10. The Kier molecular flexibility index (Phi) is 10.7. The van der Waals surface area contributed by atoms with Crippen molar-refractivity contribution in [1.29, 1.82) is 0 Å². The minimum absolute atomic E-state index is 0.0392. The summed E-state index contributed by atoms with van der Waals surface area (Å²) < 4.78 is 10.7. The lowest BCUT2D eigenvalue weighted by atomic mass is 9.71. The fourth-order valence-corrected chi connectivity index (χ4v) is 5.35. The molecule has 0 spiro atoms. The number of urea groups is 1. The van der Waals surface area contributed by atoms with Gasteiger partial charge >= 0.3 is 12.0 Å². The Morgan fingerprint density at radius 3 is 2.17 bits per heavy atom. The third kappa shape index (κ3) is 8.27. The number of carboxylic acid groups (broad SMARTS) is 1. The molecule has 0 radical (unpaired) electrons. The van der Waals surface area contributed by atoms with Crippen molar-refractivity contribution in [2.45, 2.75) is 65.5 Å². The second-order valence-corrected chi connectivity index (χ2v) is 11.6. The van der Waals surface area contributed by atoms with Gasteiger partial charge in [0, 0.05) is 30.8 Å². The zero-order valence-electron chi connectivity index (χ0n) is 23.9. The largest absolute Gasteiger partial charge is 0.495 e. The molecule has 0 aromatic heterocycles. The average molecular weight is 574 g/mol. The highest BCUT2D eigenvalue weighted by molar-refractivity contribution is 6.32. The number of anilines is 1. The van der Waals surface area contributed by atoms with E-state index in [9.17, 15) is 14.4 Å². The second kappa shape index (κ2) is 13.7. The Balaban J connectivity index is 1.80. The summed E-state index contributed by atoms with van der Waals surface area (Å²) in [5, 5.41) is 14.7. The van der Waals surface area contributed by atoms with E-state index < -0.39 is 5.97 Å². The van der Waals surface area contributed by atoms with Gasteiger partial charge < -0.3 is 30.1 Å². The summed E-state index contributed by atoms with van der Waals surface area (Å²) in [7, 11) is 3.03. The zero-order chi connectivity index (χ0) is 29.4. The van der Waals surface area contributed by atoms with Crippen LogP contribution in [-0.2, 0) is 11.3 Å². The maximum absolute atomic E-state index is 13.7. The topological polar surface area (TPSA) is 117 Å². The van der Waals surface area contributed by atoms with Crippen molar-refractivity contribution in [3.63, 3.8) is 0 Å². The summed E-state index contributed by atoms with van der Waals surface area (Å²) in [5.41, 5.74) is 1.95. The van der Waals surface area contributed by atoms with Crippen LogP contribution in [-0.4, -0.2) is 54.7 Å². The number of aliphatic carboxylic acids is 1. The molecule has 218 valence electrons. The SMILES string of the molecule is COc1cc(OC)c(NC(=O)N(Cc2ccc(C(=O)NCCC(=O)O)cc2)C2CCC(C(C)(C)C)CC2)cc1Cl. The molecule has 3 amide bonds. The van der Waals surface area contributed by atoms with E-state index in [1.54, 1.807) is 24.3 Å². The maximum Gasteiger partial charge on any atom is 0.322 e. The van der Waals surface area contributed by atoms with Crippen LogP contribution in [0.15, 0.2) is 36.4 Å². The van der Waals surface area contributed by atoms with Crippen LogP contribution in [0, 0.1) is 11.3 Å². The molecule has 0 saturated heterocycles. The van der Waals surface area contributed by atoms with Gasteiger partial charge in [-0.25, -0.2) is 4.79 Å². The second-order valence-electron chi connectivity index (χ2n) is 11.2. The van der Waals surface area contributed by atoms with Crippen LogP contribution < -0.4 is 20.1 Å². The van der Waals surface area contributed by atoms with Gasteiger partial charge in [0.2, 0.25) is 0 Å². The van der Waals surface area contributed by atoms with E-state index in [2.05, 4.69) is 31.4 Å². The Morgan fingerprint density at radius 2 is 1.62 bits per heavy atom. The molecular formula is C30H40ClN3O6. The van der Waals surface area contributed by atoms with Gasteiger partial charge in [0.15, 0.2) is 0 Å². The summed E-state index contributed by atoms with van der Waals surface area (Å²) in [6.45, 7) is 7.20. The van der Waals surface area contributed by atoms with Crippen molar-refractivity contribution in [3.05, 3.63) is 52.5 Å². The van der Waals surface area contributed by atoms with Gasteiger partial charge in [0.05, 0.1) is 31.4 Å². The smallest absolute Gasteiger partial charge is 0.322 e. The van der Waals surface area contributed by atoms with Gasteiger partial charge in [-0.1, -0.05) is 44.5 Å². The van der Waals surface area contributed by atoms with Gasteiger partial charge in [-0.05, 0) is 60.8 Å². The van der Waals surface area contributed by atoms with Crippen LogP contribution >= 0.6 is 11.6 Å². The van der Waals surface area contributed by atoms with Crippen LogP contribution in [0.5, 0.6) is 11.5 Å². The number of ether oxygens (including phenoxy) is 2. The van der Waals surface area contributed by atoms with Gasteiger partial charge in [0.1, 0.15) is 11.5 Å². The molecule has 1 aliphatic carbocycles. The van der Waals surface area contributed by atoms with Gasteiger partial charge in [-0.3, -0.25) is 9.59 Å². The summed E-state index contributed by atoms with van der Waals surface area (Å²) >= 11 is 6.34. The maximum atomic E-state index is 13.7.